The van der Waals surface area contributed by atoms with Crippen molar-refractivity contribution in [3.8, 4) is 11.5 Å². The van der Waals surface area contributed by atoms with Crippen LogP contribution < -0.4 is 14.8 Å². The van der Waals surface area contributed by atoms with Gasteiger partial charge < -0.3 is 19.9 Å². The highest BCUT2D eigenvalue weighted by Crippen LogP contribution is 2.37. The van der Waals surface area contributed by atoms with Crippen molar-refractivity contribution in [1.29, 1.82) is 0 Å². The van der Waals surface area contributed by atoms with Crippen LogP contribution in [0.4, 0.5) is 0 Å². The fourth-order valence-electron chi connectivity index (χ4n) is 2.16. The van der Waals surface area contributed by atoms with Crippen LogP contribution >= 0.6 is 0 Å². The molecule has 1 aliphatic rings. The molecule has 0 saturated heterocycles. The quantitative estimate of drug-likeness (QED) is 0.790. The molecular formula is C13H15NO4. The van der Waals surface area contributed by atoms with Crippen LogP contribution in [0.1, 0.15) is 11.1 Å². The number of benzene rings is 1. The molecule has 1 aliphatic heterocycles. The molecule has 1 aromatic rings. The summed E-state index contributed by atoms with van der Waals surface area (Å²) in [6.45, 7) is 0.676. The zero-order valence-corrected chi connectivity index (χ0v) is 10.3. The molecular weight excluding hydrogens is 234 g/mol. The van der Waals surface area contributed by atoms with Crippen LogP contribution in [0.5, 0.6) is 11.5 Å². The monoisotopic (exact) mass is 249 g/mol. The molecule has 0 unspecified atom stereocenters. The standard InChI is InChI=1S/C13H15NO4/c1-17-11-4-3-8-9(13(11)18-2)5-6-14-10(8)7-12(15)16/h3-4,7,14H,5-6H2,1-2H3,(H,15,16)/b10-7+. The van der Waals surface area contributed by atoms with Gasteiger partial charge in [-0.3, -0.25) is 0 Å². The number of carboxylic acids is 1. The van der Waals surface area contributed by atoms with Gasteiger partial charge in [-0.1, -0.05) is 0 Å². The summed E-state index contributed by atoms with van der Waals surface area (Å²) < 4.78 is 10.6. The van der Waals surface area contributed by atoms with E-state index in [2.05, 4.69) is 5.32 Å². The maximum absolute atomic E-state index is 10.8. The minimum absolute atomic E-state index is 0.602. The van der Waals surface area contributed by atoms with Crippen molar-refractivity contribution in [3.05, 3.63) is 29.3 Å². The second-order valence-corrected chi connectivity index (χ2v) is 3.90. The first kappa shape index (κ1) is 12.3. The summed E-state index contributed by atoms with van der Waals surface area (Å²) in [7, 11) is 3.17. The van der Waals surface area contributed by atoms with Gasteiger partial charge in [0.15, 0.2) is 11.5 Å². The molecule has 0 fully saturated rings. The molecule has 0 atom stereocenters. The number of hydrogen-bond acceptors (Lipinski definition) is 4. The molecule has 0 aliphatic carbocycles. The molecule has 2 rings (SSSR count). The van der Waals surface area contributed by atoms with Gasteiger partial charge in [0.1, 0.15) is 0 Å². The summed E-state index contributed by atoms with van der Waals surface area (Å²) in [4.78, 5) is 10.8. The second kappa shape index (κ2) is 5.00. The van der Waals surface area contributed by atoms with Crippen molar-refractivity contribution in [2.24, 2.45) is 0 Å². The van der Waals surface area contributed by atoms with E-state index in [0.29, 0.717) is 23.7 Å². The molecule has 0 spiro atoms. The number of rotatable bonds is 3. The number of fused-ring (bicyclic) bond motifs is 1. The molecule has 0 amide bonds. The number of methoxy groups -OCH3 is 2. The molecule has 96 valence electrons. The Morgan fingerprint density at radius 3 is 2.78 bits per heavy atom. The first-order chi connectivity index (χ1) is 8.67. The lowest BCUT2D eigenvalue weighted by molar-refractivity contribution is -0.131. The summed E-state index contributed by atoms with van der Waals surface area (Å²) in [6, 6.07) is 3.62. The van der Waals surface area contributed by atoms with Gasteiger partial charge in [0.2, 0.25) is 0 Å². The SMILES string of the molecule is COc1ccc2c(c1OC)CCN/C2=C/C(=O)O. The Balaban J connectivity index is 2.57. The molecule has 0 saturated carbocycles. The van der Waals surface area contributed by atoms with Gasteiger partial charge in [-0.2, -0.15) is 0 Å². The van der Waals surface area contributed by atoms with Crippen molar-refractivity contribution in [1.82, 2.24) is 5.32 Å². The van der Waals surface area contributed by atoms with Gasteiger partial charge in [0, 0.05) is 29.4 Å². The minimum Gasteiger partial charge on any atom is -0.493 e. The topological polar surface area (TPSA) is 67.8 Å². The Labute approximate surface area is 105 Å². The van der Waals surface area contributed by atoms with Crippen LogP contribution in [0, 0.1) is 0 Å². The third kappa shape index (κ3) is 2.11. The Bertz CT molecular complexity index is 508. The maximum Gasteiger partial charge on any atom is 0.330 e. The Hall–Kier alpha value is -2.17. The zero-order chi connectivity index (χ0) is 13.1. The summed E-state index contributed by atoms with van der Waals surface area (Å²) in [5.41, 5.74) is 2.43. The zero-order valence-electron chi connectivity index (χ0n) is 10.3. The average Bonchev–Trinajstić information content (AvgIpc) is 2.37. The van der Waals surface area contributed by atoms with E-state index < -0.39 is 5.97 Å². The van der Waals surface area contributed by atoms with Gasteiger partial charge in [-0.15, -0.1) is 0 Å². The van der Waals surface area contributed by atoms with E-state index in [1.165, 1.54) is 6.08 Å². The number of aliphatic carboxylic acids is 1. The Kier molecular flexibility index (Phi) is 3.41. The van der Waals surface area contributed by atoms with E-state index in [1.54, 1.807) is 20.3 Å². The van der Waals surface area contributed by atoms with Gasteiger partial charge in [0.25, 0.3) is 0 Å². The van der Waals surface area contributed by atoms with Gasteiger partial charge in [-0.25, -0.2) is 4.79 Å². The third-order valence-corrected chi connectivity index (χ3v) is 2.90. The number of hydrogen-bond donors (Lipinski definition) is 2. The van der Waals surface area contributed by atoms with Crippen LogP contribution in [0.3, 0.4) is 0 Å². The first-order valence-corrected chi connectivity index (χ1v) is 5.60. The fraction of sp³-hybridized carbons (Fsp3) is 0.308. The summed E-state index contributed by atoms with van der Waals surface area (Å²) in [5, 5.41) is 11.9. The number of nitrogens with one attached hydrogen (secondary N) is 1. The lowest BCUT2D eigenvalue weighted by atomic mass is 9.96. The number of carboxylic acid groups (broad SMARTS) is 1. The molecule has 18 heavy (non-hydrogen) atoms. The fourth-order valence-corrected chi connectivity index (χ4v) is 2.16. The smallest absolute Gasteiger partial charge is 0.330 e. The summed E-state index contributed by atoms with van der Waals surface area (Å²) >= 11 is 0. The Morgan fingerprint density at radius 1 is 1.39 bits per heavy atom. The van der Waals surface area contributed by atoms with Gasteiger partial charge in [-0.05, 0) is 18.6 Å². The van der Waals surface area contributed by atoms with Crippen LogP contribution in [0.25, 0.3) is 5.70 Å². The molecule has 1 aromatic carbocycles. The van der Waals surface area contributed by atoms with Gasteiger partial charge in [0.05, 0.1) is 14.2 Å². The van der Waals surface area contributed by atoms with Crippen molar-refractivity contribution < 1.29 is 19.4 Å². The highest BCUT2D eigenvalue weighted by Gasteiger charge is 2.21. The van der Waals surface area contributed by atoms with E-state index in [-0.39, 0.29) is 0 Å². The van der Waals surface area contributed by atoms with Crippen LogP contribution in [-0.2, 0) is 11.2 Å². The van der Waals surface area contributed by atoms with Gasteiger partial charge >= 0.3 is 5.97 Å². The molecule has 1 heterocycles. The largest absolute Gasteiger partial charge is 0.493 e. The minimum atomic E-state index is -0.972. The summed E-state index contributed by atoms with van der Waals surface area (Å²) in [6.07, 6.45) is 1.94. The lowest BCUT2D eigenvalue weighted by Crippen LogP contribution is -2.24. The Morgan fingerprint density at radius 2 is 2.17 bits per heavy atom. The highest BCUT2D eigenvalue weighted by molar-refractivity contribution is 5.90. The highest BCUT2D eigenvalue weighted by atomic mass is 16.5. The molecule has 0 aromatic heterocycles. The van der Waals surface area contributed by atoms with E-state index in [1.807, 2.05) is 6.07 Å². The van der Waals surface area contributed by atoms with Crippen molar-refractivity contribution >= 4 is 11.7 Å². The van der Waals surface area contributed by atoms with E-state index in [4.69, 9.17) is 14.6 Å². The molecule has 0 radical (unpaired) electrons. The van der Waals surface area contributed by atoms with Crippen LogP contribution in [0.15, 0.2) is 18.2 Å². The van der Waals surface area contributed by atoms with Crippen LogP contribution in [0.2, 0.25) is 0 Å². The normalized spacial score (nSPS) is 15.8. The lowest BCUT2D eigenvalue weighted by Gasteiger charge is -2.24. The molecule has 2 N–H and O–H groups in total. The molecule has 5 nitrogen and oxygen atoms in total. The predicted octanol–water partition coefficient (Wildman–Crippen LogP) is 1.28. The average molecular weight is 249 g/mol. The van der Waals surface area contributed by atoms with Crippen LogP contribution in [-0.4, -0.2) is 31.8 Å². The van der Waals surface area contributed by atoms with E-state index in [9.17, 15) is 4.79 Å². The number of ether oxygens (including phenoxy) is 2. The predicted molar refractivity (Wildman–Crippen MR) is 66.9 cm³/mol. The van der Waals surface area contributed by atoms with Crippen molar-refractivity contribution in [2.75, 3.05) is 20.8 Å². The third-order valence-electron chi connectivity index (χ3n) is 2.90. The van der Waals surface area contributed by atoms with Crippen molar-refractivity contribution in [2.45, 2.75) is 6.42 Å². The summed E-state index contributed by atoms with van der Waals surface area (Å²) in [5.74, 6) is 0.362. The van der Waals surface area contributed by atoms with E-state index >= 15 is 0 Å². The maximum atomic E-state index is 10.8. The second-order valence-electron chi connectivity index (χ2n) is 3.90. The molecule has 5 heteroatoms. The molecule has 0 bridgehead atoms. The first-order valence-electron chi connectivity index (χ1n) is 5.60. The van der Waals surface area contributed by atoms with E-state index in [0.717, 1.165) is 17.5 Å². The number of carbonyl (C=O) groups is 1. The van der Waals surface area contributed by atoms with Crippen molar-refractivity contribution in [3.63, 3.8) is 0 Å².